The second-order valence-corrected chi connectivity index (χ2v) is 4.56. The van der Waals surface area contributed by atoms with E-state index >= 15 is 0 Å². The highest BCUT2D eigenvalue weighted by molar-refractivity contribution is 5.74. The Morgan fingerprint density at radius 3 is 2.88 bits per heavy atom. The molecule has 0 saturated carbocycles. The van der Waals surface area contributed by atoms with Gasteiger partial charge in [0.05, 0.1) is 18.6 Å². The van der Waals surface area contributed by atoms with Gasteiger partial charge in [0.25, 0.3) is 0 Å². The molecule has 0 spiro atoms. The van der Waals surface area contributed by atoms with E-state index in [2.05, 4.69) is 6.92 Å². The molecule has 0 radical (unpaired) electrons. The molecule has 4 heteroatoms. The molecule has 0 amide bonds. The van der Waals surface area contributed by atoms with Crippen LogP contribution in [0.3, 0.4) is 0 Å². The maximum atomic E-state index is 11.5. The molecule has 0 unspecified atom stereocenters. The summed E-state index contributed by atoms with van der Waals surface area (Å²) in [5.74, 6) is -0.442. The topological polar surface area (TPSA) is 66.8 Å². The molecular formula is C12H22O4. The van der Waals surface area contributed by atoms with E-state index in [0.29, 0.717) is 12.8 Å². The fourth-order valence-corrected chi connectivity index (χ4v) is 2.12. The Bertz CT molecular complexity index is 217. The molecule has 94 valence electrons. The van der Waals surface area contributed by atoms with Gasteiger partial charge in [-0.2, -0.15) is 0 Å². The fraction of sp³-hybridized carbons (Fsp3) is 0.917. The Balaban J connectivity index is 2.27. The summed E-state index contributed by atoms with van der Waals surface area (Å²) in [5.41, 5.74) is 0. The Morgan fingerprint density at radius 1 is 1.50 bits per heavy atom. The van der Waals surface area contributed by atoms with Crippen LogP contribution in [0.5, 0.6) is 0 Å². The molecule has 0 aliphatic carbocycles. The van der Waals surface area contributed by atoms with Crippen LogP contribution in [0, 0.1) is 5.92 Å². The van der Waals surface area contributed by atoms with Crippen molar-refractivity contribution in [2.24, 2.45) is 5.92 Å². The number of hydrogen-bond acceptors (Lipinski definition) is 4. The van der Waals surface area contributed by atoms with Crippen LogP contribution in [0.2, 0.25) is 0 Å². The summed E-state index contributed by atoms with van der Waals surface area (Å²) in [6.45, 7) is 1.85. The first-order valence-corrected chi connectivity index (χ1v) is 6.16. The second-order valence-electron chi connectivity index (χ2n) is 4.56. The molecular weight excluding hydrogens is 208 g/mol. The number of carbonyl (C=O) groups excluding carboxylic acids is 1. The van der Waals surface area contributed by atoms with Crippen molar-refractivity contribution in [1.29, 1.82) is 0 Å². The number of ether oxygens (including phenoxy) is 1. The lowest BCUT2D eigenvalue weighted by molar-refractivity contribution is -0.145. The summed E-state index contributed by atoms with van der Waals surface area (Å²) in [7, 11) is 0. The van der Waals surface area contributed by atoms with Crippen molar-refractivity contribution < 1.29 is 19.7 Å². The summed E-state index contributed by atoms with van der Waals surface area (Å²) < 4.78 is 5.23. The Morgan fingerprint density at radius 2 is 2.25 bits per heavy atom. The standard InChI is InChI=1S/C12H22O4/c1-2-3-4-5-11-7-9(12(15)16-11)6-10(14)8-13/h9-11,13-14H,2-8H2,1H3/t9-,10-,11-/m0/s1. The number of cyclic esters (lactones) is 1. The van der Waals surface area contributed by atoms with E-state index in [1.807, 2.05) is 0 Å². The van der Waals surface area contributed by atoms with E-state index in [9.17, 15) is 9.90 Å². The summed E-state index contributed by atoms with van der Waals surface area (Å²) in [6, 6.07) is 0. The van der Waals surface area contributed by atoms with Crippen LogP contribution in [-0.2, 0) is 9.53 Å². The summed E-state index contributed by atoms with van der Waals surface area (Å²) in [4.78, 5) is 11.5. The smallest absolute Gasteiger partial charge is 0.309 e. The van der Waals surface area contributed by atoms with Gasteiger partial charge in [0.1, 0.15) is 6.10 Å². The Hall–Kier alpha value is -0.610. The van der Waals surface area contributed by atoms with E-state index in [1.165, 1.54) is 0 Å². The molecule has 1 heterocycles. The summed E-state index contributed by atoms with van der Waals surface area (Å²) in [6.07, 6.45) is 4.57. The van der Waals surface area contributed by atoms with Gasteiger partial charge in [0, 0.05) is 0 Å². The van der Waals surface area contributed by atoms with Crippen LogP contribution in [0.1, 0.15) is 45.4 Å². The van der Waals surface area contributed by atoms with Crippen LogP contribution in [0.15, 0.2) is 0 Å². The molecule has 1 fully saturated rings. The lowest BCUT2D eigenvalue weighted by atomic mass is 9.96. The van der Waals surface area contributed by atoms with E-state index in [-0.39, 0.29) is 24.6 Å². The number of unbranched alkanes of at least 4 members (excludes halogenated alkanes) is 2. The van der Waals surface area contributed by atoms with Crippen molar-refractivity contribution in [3.05, 3.63) is 0 Å². The number of hydrogen-bond donors (Lipinski definition) is 2. The van der Waals surface area contributed by atoms with Crippen LogP contribution in [0.25, 0.3) is 0 Å². The predicted molar refractivity (Wildman–Crippen MR) is 59.8 cm³/mol. The molecule has 2 N–H and O–H groups in total. The van der Waals surface area contributed by atoms with Crippen molar-refractivity contribution >= 4 is 5.97 Å². The predicted octanol–water partition coefficient (Wildman–Crippen LogP) is 1.24. The zero-order valence-corrected chi connectivity index (χ0v) is 9.89. The van der Waals surface area contributed by atoms with Gasteiger partial charge < -0.3 is 14.9 Å². The van der Waals surface area contributed by atoms with Crippen LogP contribution >= 0.6 is 0 Å². The van der Waals surface area contributed by atoms with Crippen LogP contribution < -0.4 is 0 Å². The van der Waals surface area contributed by atoms with Gasteiger partial charge in [0.15, 0.2) is 0 Å². The zero-order chi connectivity index (χ0) is 12.0. The SMILES string of the molecule is CCCCC[C@H]1C[C@H](C[C@H](O)CO)C(=O)O1. The van der Waals surface area contributed by atoms with Gasteiger partial charge >= 0.3 is 5.97 Å². The average molecular weight is 230 g/mol. The largest absolute Gasteiger partial charge is 0.462 e. The number of aliphatic hydroxyl groups is 2. The van der Waals surface area contributed by atoms with E-state index < -0.39 is 6.10 Å². The quantitative estimate of drug-likeness (QED) is 0.510. The highest BCUT2D eigenvalue weighted by atomic mass is 16.5. The van der Waals surface area contributed by atoms with Crippen molar-refractivity contribution in [3.8, 4) is 0 Å². The molecule has 1 aliphatic heterocycles. The highest BCUT2D eigenvalue weighted by Gasteiger charge is 2.34. The van der Waals surface area contributed by atoms with Gasteiger partial charge in [-0.15, -0.1) is 0 Å². The zero-order valence-electron chi connectivity index (χ0n) is 9.89. The molecule has 1 saturated heterocycles. The molecule has 4 nitrogen and oxygen atoms in total. The number of aliphatic hydroxyl groups excluding tert-OH is 2. The molecule has 0 bridgehead atoms. The molecule has 0 aromatic heterocycles. The van der Waals surface area contributed by atoms with Gasteiger partial charge in [-0.25, -0.2) is 0 Å². The number of carbonyl (C=O) groups is 1. The molecule has 1 aliphatic rings. The molecule has 16 heavy (non-hydrogen) atoms. The minimum Gasteiger partial charge on any atom is -0.462 e. The van der Waals surface area contributed by atoms with E-state index in [0.717, 1.165) is 25.7 Å². The molecule has 0 aromatic carbocycles. The monoisotopic (exact) mass is 230 g/mol. The van der Waals surface area contributed by atoms with Crippen molar-refractivity contribution in [3.63, 3.8) is 0 Å². The first kappa shape index (κ1) is 13.5. The second kappa shape index (κ2) is 6.86. The maximum Gasteiger partial charge on any atom is 0.309 e. The van der Waals surface area contributed by atoms with Crippen molar-refractivity contribution in [2.45, 2.75) is 57.7 Å². The van der Waals surface area contributed by atoms with Gasteiger partial charge in [-0.05, 0) is 25.7 Å². The maximum absolute atomic E-state index is 11.5. The van der Waals surface area contributed by atoms with E-state index in [1.54, 1.807) is 0 Å². The minimum atomic E-state index is -0.799. The van der Waals surface area contributed by atoms with Gasteiger partial charge in [-0.1, -0.05) is 19.8 Å². The third-order valence-corrected chi connectivity index (χ3v) is 3.06. The summed E-state index contributed by atoms with van der Waals surface area (Å²) in [5, 5.41) is 18.0. The lowest BCUT2D eigenvalue weighted by Gasteiger charge is -2.09. The van der Waals surface area contributed by atoms with Gasteiger partial charge in [0.2, 0.25) is 0 Å². The first-order valence-electron chi connectivity index (χ1n) is 6.16. The summed E-state index contributed by atoms with van der Waals surface area (Å²) >= 11 is 0. The minimum absolute atomic E-state index is 0.0231. The number of esters is 1. The first-order chi connectivity index (χ1) is 7.67. The van der Waals surface area contributed by atoms with Crippen LogP contribution in [0.4, 0.5) is 0 Å². The molecule has 3 atom stereocenters. The fourth-order valence-electron chi connectivity index (χ4n) is 2.12. The Kier molecular flexibility index (Phi) is 5.77. The lowest BCUT2D eigenvalue weighted by Crippen LogP contribution is -2.20. The van der Waals surface area contributed by atoms with Crippen molar-refractivity contribution in [2.75, 3.05) is 6.61 Å². The highest BCUT2D eigenvalue weighted by Crippen LogP contribution is 2.28. The third kappa shape index (κ3) is 4.10. The molecule has 1 rings (SSSR count). The molecule has 0 aromatic rings. The number of rotatable bonds is 7. The van der Waals surface area contributed by atoms with Crippen LogP contribution in [-0.4, -0.2) is 35.0 Å². The van der Waals surface area contributed by atoms with E-state index in [4.69, 9.17) is 9.84 Å². The van der Waals surface area contributed by atoms with Crippen molar-refractivity contribution in [1.82, 2.24) is 0 Å². The normalized spacial score (nSPS) is 26.8. The average Bonchev–Trinajstić information content (AvgIpc) is 2.60. The Labute approximate surface area is 96.6 Å². The third-order valence-electron chi connectivity index (χ3n) is 3.06. The van der Waals surface area contributed by atoms with Gasteiger partial charge in [-0.3, -0.25) is 4.79 Å².